The van der Waals surface area contributed by atoms with E-state index in [-0.39, 0.29) is 11.4 Å². The van der Waals surface area contributed by atoms with Crippen LogP contribution in [0.5, 0.6) is 5.75 Å². The van der Waals surface area contributed by atoms with Gasteiger partial charge >= 0.3 is 12.8 Å². The first-order valence-corrected chi connectivity index (χ1v) is 9.96. The van der Waals surface area contributed by atoms with Gasteiger partial charge in [0.2, 0.25) is 15.9 Å². The number of ether oxygens (including phenoxy) is 1. The highest BCUT2D eigenvalue weighted by molar-refractivity contribution is 7.89. The van der Waals surface area contributed by atoms with Crippen LogP contribution in [0.4, 0.5) is 27.6 Å². The van der Waals surface area contributed by atoms with Crippen molar-refractivity contribution in [2.75, 3.05) is 11.9 Å². The average Bonchev–Trinajstić information content (AvgIpc) is 2.62. The molecule has 0 aromatic heterocycles. The van der Waals surface area contributed by atoms with Crippen molar-refractivity contribution in [2.45, 2.75) is 24.1 Å². The van der Waals surface area contributed by atoms with Crippen molar-refractivity contribution in [1.29, 1.82) is 0 Å². The van der Waals surface area contributed by atoms with E-state index in [0.29, 0.717) is 6.07 Å². The number of para-hydroxylation sites is 2. The Kier molecular flexibility index (Phi) is 7.61. The molecule has 0 aliphatic rings. The minimum atomic E-state index is -4.85. The second-order valence-corrected chi connectivity index (χ2v) is 7.88. The molecule has 0 atom stereocenters. The van der Waals surface area contributed by atoms with Gasteiger partial charge in [0, 0.05) is 13.0 Å². The van der Waals surface area contributed by atoms with E-state index in [1.165, 1.54) is 24.3 Å². The molecule has 0 aliphatic heterocycles. The second kappa shape index (κ2) is 9.58. The van der Waals surface area contributed by atoms with E-state index in [2.05, 4.69) is 10.1 Å². The van der Waals surface area contributed by atoms with Crippen molar-refractivity contribution in [3.63, 3.8) is 0 Å². The Morgan fingerprint density at radius 2 is 1.80 bits per heavy atom. The number of anilines is 1. The smallest absolute Gasteiger partial charge is 0.417 e. The predicted molar refractivity (Wildman–Crippen MR) is 98.0 cm³/mol. The summed E-state index contributed by atoms with van der Waals surface area (Å²) in [6, 6.07) is 7.42. The van der Waals surface area contributed by atoms with Crippen molar-refractivity contribution in [1.82, 2.24) is 4.72 Å². The number of halogens is 6. The highest BCUT2D eigenvalue weighted by Crippen LogP contribution is 2.35. The number of hydrogen-bond acceptors (Lipinski definition) is 4. The fourth-order valence-electron chi connectivity index (χ4n) is 2.25. The summed E-state index contributed by atoms with van der Waals surface area (Å²) in [5.41, 5.74) is -1.38. The van der Waals surface area contributed by atoms with Gasteiger partial charge in [-0.15, -0.1) is 0 Å². The van der Waals surface area contributed by atoms with Gasteiger partial charge in [-0.25, -0.2) is 13.1 Å². The van der Waals surface area contributed by atoms with Gasteiger partial charge in [0.25, 0.3) is 0 Å². The predicted octanol–water partition coefficient (Wildman–Crippen LogP) is 4.27. The molecular weight excluding hydrogens is 459 g/mol. The van der Waals surface area contributed by atoms with E-state index in [1.807, 2.05) is 4.72 Å². The van der Waals surface area contributed by atoms with Crippen molar-refractivity contribution >= 4 is 33.2 Å². The lowest BCUT2D eigenvalue weighted by molar-refractivity contribution is -0.137. The molecule has 13 heteroatoms. The SMILES string of the molecule is O=C(CCNS(=O)(=O)c1ccc(Cl)c(C(F)(F)F)c1)Nc1ccccc1OC(F)F. The van der Waals surface area contributed by atoms with E-state index in [0.717, 1.165) is 12.1 Å². The molecule has 164 valence electrons. The van der Waals surface area contributed by atoms with Crippen LogP contribution in [-0.2, 0) is 21.0 Å². The molecule has 2 aromatic rings. The van der Waals surface area contributed by atoms with Crippen LogP contribution in [0.15, 0.2) is 47.4 Å². The fraction of sp³-hybridized carbons (Fsp3) is 0.235. The summed E-state index contributed by atoms with van der Waals surface area (Å²) in [6.45, 7) is -3.58. The first kappa shape index (κ1) is 23.8. The summed E-state index contributed by atoms with van der Waals surface area (Å²) < 4.78 is 94.0. The van der Waals surface area contributed by atoms with Gasteiger partial charge in [-0.1, -0.05) is 23.7 Å². The number of carbonyl (C=O) groups is 1. The number of alkyl halides is 5. The Labute approximate surface area is 173 Å². The molecule has 30 heavy (non-hydrogen) atoms. The van der Waals surface area contributed by atoms with E-state index in [9.17, 15) is 35.2 Å². The third-order valence-corrected chi connectivity index (χ3v) is 5.36. The first-order valence-electron chi connectivity index (χ1n) is 8.10. The zero-order chi connectivity index (χ0) is 22.5. The zero-order valence-corrected chi connectivity index (χ0v) is 16.4. The standard InChI is InChI=1S/C17H14ClF5N2O4S/c18-12-6-5-10(9-11(12)17(21,22)23)30(27,28)24-8-7-15(26)25-13-3-1-2-4-14(13)29-16(19)20/h1-6,9,16,24H,7-8H2,(H,25,26). The van der Waals surface area contributed by atoms with Crippen LogP contribution in [0.2, 0.25) is 5.02 Å². The molecule has 0 aliphatic carbocycles. The lowest BCUT2D eigenvalue weighted by Crippen LogP contribution is -2.28. The number of rotatable bonds is 8. The van der Waals surface area contributed by atoms with Crippen LogP contribution in [-0.4, -0.2) is 27.5 Å². The summed E-state index contributed by atoms with van der Waals surface area (Å²) in [7, 11) is -4.36. The lowest BCUT2D eigenvalue weighted by atomic mass is 10.2. The second-order valence-electron chi connectivity index (χ2n) is 5.71. The maximum atomic E-state index is 12.9. The average molecular weight is 473 g/mol. The van der Waals surface area contributed by atoms with Crippen molar-refractivity contribution in [2.24, 2.45) is 0 Å². The van der Waals surface area contributed by atoms with E-state index in [4.69, 9.17) is 11.6 Å². The van der Waals surface area contributed by atoms with Gasteiger partial charge in [0.1, 0.15) is 5.75 Å². The summed E-state index contributed by atoms with van der Waals surface area (Å²) >= 11 is 5.45. The highest BCUT2D eigenvalue weighted by Gasteiger charge is 2.34. The number of carbonyl (C=O) groups excluding carboxylic acids is 1. The van der Waals surface area contributed by atoms with Crippen LogP contribution < -0.4 is 14.8 Å². The molecule has 0 saturated carbocycles. The van der Waals surface area contributed by atoms with Crippen LogP contribution in [0, 0.1) is 0 Å². The number of hydrogen-bond donors (Lipinski definition) is 2. The van der Waals surface area contributed by atoms with E-state index in [1.54, 1.807) is 0 Å². The third-order valence-electron chi connectivity index (χ3n) is 3.57. The quantitative estimate of drug-likeness (QED) is 0.562. The van der Waals surface area contributed by atoms with Gasteiger partial charge in [-0.05, 0) is 30.3 Å². The Balaban J connectivity index is 2.01. The van der Waals surface area contributed by atoms with Crippen molar-refractivity contribution < 1.29 is 39.9 Å². The Bertz CT molecular complexity index is 1020. The number of nitrogens with one attached hydrogen (secondary N) is 2. The molecule has 0 spiro atoms. The number of benzene rings is 2. The maximum Gasteiger partial charge on any atom is 0.417 e. The summed E-state index contributed by atoms with van der Waals surface area (Å²) in [5, 5.41) is 1.62. The molecular formula is C17H14ClF5N2O4S. The van der Waals surface area contributed by atoms with Crippen LogP contribution in [0.25, 0.3) is 0 Å². The Hall–Kier alpha value is -2.44. The van der Waals surface area contributed by atoms with Crippen LogP contribution in [0.1, 0.15) is 12.0 Å². The van der Waals surface area contributed by atoms with Crippen molar-refractivity contribution in [3.8, 4) is 5.75 Å². The number of sulfonamides is 1. The maximum absolute atomic E-state index is 12.9. The minimum Gasteiger partial charge on any atom is -0.433 e. The third kappa shape index (κ3) is 6.54. The molecule has 0 fully saturated rings. The zero-order valence-electron chi connectivity index (χ0n) is 14.8. The van der Waals surface area contributed by atoms with Gasteiger partial charge in [0.15, 0.2) is 0 Å². The fourth-order valence-corrected chi connectivity index (χ4v) is 3.53. The largest absolute Gasteiger partial charge is 0.433 e. The molecule has 2 rings (SSSR count). The lowest BCUT2D eigenvalue weighted by Gasteiger charge is -2.13. The topological polar surface area (TPSA) is 84.5 Å². The van der Waals surface area contributed by atoms with Gasteiger partial charge in [-0.2, -0.15) is 22.0 Å². The monoisotopic (exact) mass is 472 g/mol. The van der Waals surface area contributed by atoms with Gasteiger partial charge in [-0.3, -0.25) is 4.79 Å². The molecule has 0 bridgehead atoms. The molecule has 1 amide bonds. The Morgan fingerprint density at radius 1 is 1.13 bits per heavy atom. The summed E-state index contributed by atoms with van der Waals surface area (Å²) in [6.07, 6.45) is -5.28. The molecule has 0 heterocycles. The summed E-state index contributed by atoms with van der Waals surface area (Å²) in [5.74, 6) is -1.03. The van der Waals surface area contributed by atoms with Gasteiger partial charge < -0.3 is 10.1 Å². The molecule has 2 N–H and O–H groups in total. The molecule has 0 unspecified atom stereocenters. The molecule has 6 nitrogen and oxygen atoms in total. The van der Waals surface area contributed by atoms with Crippen LogP contribution >= 0.6 is 11.6 Å². The Morgan fingerprint density at radius 3 is 2.43 bits per heavy atom. The molecule has 0 radical (unpaired) electrons. The normalized spacial score (nSPS) is 12.1. The van der Waals surface area contributed by atoms with Gasteiger partial charge in [0.05, 0.1) is 21.2 Å². The molecule has 2 aromatic carbocycles. The van der Waals surface area contributed by atoms with E-state index < -0.39 is 57.2 Å². The van der Waals surface area contributed by atoms with E-state index >= 15 is 0 Å². The highest BCUT2D eigenvalue weighted by atomic mass is 35.5. The summed E-state index contributed by atoms with van der Waals surface area (Å²) in [4.78, 5) is 11.3. The first-order chi connectivity index (χ1) is 13.9. The van der Waals surface area contributed by atoms with Crippen LogP contribution in [0.3, 0.4) is 0 Å². The number of amides is 1. The minimum absolute atomic E-state index is 0.0572. The molecule has 0 saturated heterocycles. The van der Waals surface area contributed by atoms with Crippen molar-refractivity contribution in [3.05, 3.63) is 53.1 Å².